The van der Waals surface area contributed by atoms with Crippen LogP contribution in [0.2, 0.25) is 0 Å². The highest BCUT2D eigenvalue weighted by atomic mass is 127. The van der Waals surface area contributed by atoms with Crippen LogP contribution in [0.3, 0.4) is 0 Å². The Hall–Kier alpha value is -2.34. The molecule has 0 fully saturated rings. The van der Waals surface area contributed by atoms with Crippen molar-refractivity contribution in [3.8, 4) is 17.2 Å². The maximum Gasteiger partial charge on any atom is 0.387 e. The van der Waals surface area contributed by atoms with Crippen molar-refractivity contribution in [2.75, 3.05) is 20.4 Å². The maximum atomic E-state index is 12.8. The lowest BCUT2D eigenvalue weighted by atomic mass is 10.1. The summed E-state index contributed by atoms with van der Waals surface area (Å²) in [7, 11) is 1.64. The summed E-state index contributed by atoms with van der Waals surface area (Å²) in [4.78, 5) is 4.19. The topological polar surface area (TPSA) is 73.3 Å². The number of nitrogens with one attached hydrogen (secondary N) is 2. The van der Waals surface area contributed by atoms with Crippen molar-refractivity contribution in [1.29, 1.82) is 0 Å². The monoisotopic (exact) mass is 549 g/mol. The van der Waals surface area contributed by atoms with E-state index >= 15 is 0 Å². The second-order valence-electron chi connectivity index (χ2n) is 6.38. The SMILES string of the molecule is CCOCc1ccccc1CNC(=NC)NCc1cc2c(cc1OC(F)F)OCO2.I. The van der Waals surface area contributed by atoms with Gasteiger partial charge in [-0.1, -0.05) is 24.3 Å². The van der Waals surface area contributed by atoms with Crippen molar-refractivity contribution in [1.82, 2.24) is 10.6 Å². The predicted molar refractivity (Wildman–Crippen MR) is 123 cm³/mol. The zero-order valence-electron chi connectivity index (χ0n) is 17.3. The Morgan fingerprint density at radius 3 is 2.35 bits per heavy atom. The Morgan fingerprint density at radius 1 is 1.06 bits per heavy atom. The number of benzene rings is 2. The van der Waals surface area contributed by atoms with Gasteiger partial charge in [-0.15, -0.1) is 24.0 Å². The summed E-state index contributed by atoms with van der Waals surface area (Å²) < 4.78 is 46.3. The van der Waals surface area contributed by atoms with Crippen LogP contribution in [0, 0.1) is 0 Å². The quantitative estimate of drug-likeness (QED) is 0.280. The number of ether oxygens (including phenoxy) is 4. The van der Waals surface area contributed by atoms with Gasteiger partial charge in [0.15, 0.2) is 17.5 Å². The molecule has 1 aliphatic rings. The smallest absolute Gasteiger partial charge is 0.387 e. The molecule has 0 atom stereocenters. The highest BCUT2D eigenvalue weighted by Crippen LogP contribution is 2.38. The second kappa shape index (κ2) is 12.5. The van der Waals surface area contributed by atoms with Gasteiger partial charge in [-0.25, -0.2) is 0 Å². The van der Waals surface area contributed by atoms with E-state index in [0.29, 0.717) is 42.8 Å². The van der Waals surface area contributed by atoms with Crippen LogP contribution in [0.4, 0.5) is 8.78 Å². The minimum absolute atomic E-state index is 0. The van der Waals surface area contributed by atoms with Crippen LogP contribution in [-0.2, 0) is 24.4 Å². The highest BCUT2D eigenvalue weighted by Gasteiger charge is 2.20. The number of halogens is 3. The number of guanidine groups is 1. The Kier molecular flexibility index (Phi) is 10.0. The van der Waals surface area contributed by atoms with Gasteiger partial charge >= 0.3 is 6.61 Å². The van der Waals surface area contributed by atoms with Crippen LogP contribution in [0.1, 0.15) is 23.6 Å². The van der Waals surface area contributed by atoms with Gasteiger partial charge in [-0.05, 0) is 24.1 Å². The number of aliphatic imine (C=N–C) groups is 1. The number of alkyl halides is 2. The molecule has 10 heteroatoms. The third kappa shape index (κ3) is 7.10. The fourth-order valence-corrected chi connectivity index (χ4v) is 2.97. The van der Waals surface area contributed by atoms with Crippen molar-refractivity contribution in [3.63, 3.8) is 0 Å². The lowest BCUT2D eigenvalue weighted by Crippen LogP contribution is -2.36. The number of hydrogen-bond donors (Lipinski definition) is 2. The van der Waals surface area contributed by atoms with Crippen LogP contribution < -0.4 is 24.8 Å². The van der Waals surface area contributed by atoms with E-state index in [1.165, 1.54) is 6.07 Å². The number of fused-ring (bicyclic) bond motifs is 1. The molecule has 0 radical (unpaired) electrons. The first-order valence-electron chi connectivity index (χ1n) is 9.57. The lowest BCUT2D eigenvalue weighted by Gasteiger charge is -2.16. The molecule has 0 aliphatic carbocycles. The van der Waals surface area contributed by atoms with E-state index in [9.17, 15) is 8.78 Å². The van der Waals surface area contributed by atoms with Crippen LogP contribution >= 0.6 is 24.0 Å². The number of nitrogens with zero attached hydrogens (tertiary/aromatic N) is 1. The Balaban J connectivity index is 0.00000341. The van der Waals surface area contributed by atoms with E-state index in [1.807, 2.05) is 31.2 Å². The molecule has 31 heavy (non-hydrogen) atoms. The van der Waals surface area contributed by atoms with E-state index in [1.54, 1.807) is 13.1 Å². The third-order valence-corrected chi connectivity index (χ3v) is 4.47. The summed E-state index contributed by atoms with van der Waals surface area (Å²) in [6.45, 7) is 0.974. The van der Waals surface area contributed by atoms with Gasteiger partial charge in [0.25, 0.3) is 0 Å². The van der Waals surface area contributed by atoms with Crippen molar-refractivity contribution < 1.29 is 27.7 Å². The molecule has 1 aliphatic heterocycles. The van der Waals surface area contributed by atoms with Crippen molar-refractivity contribution in [2.45, 2.75) is 33.2 Å². The summed E-state index contributed by atoms with van der Waals surface area (Å²) in [5, 5.41) is 6.33. The van der Waals surface area contributed by atoms with Crippen LogP contribution in [-0.4, -0.2) is 33.0 Å². The van der Waals surface area contributed by atoms with E-state index < -0.39 is 6.61 Å². The minimum Gasteiger partial charge on any atom is -0.454 e. The molecule has 7 nitrogen and oxygen atoms in total. The normalized spacial score (nSPS) is 12.5. The second-order valence-corrected chi connectivity index (χ2v) is 6.38. The van der Waals surface area contributed by atoms with E-state index in [0.717, 1.165) is 11.1 Å². The largest absolute Gasteiger partial charge is 0.454 e. The maximum absolute atomic E-state index is 12.8. The summed E-state index contributed by atoms with van der Waals surface area (Å²) in [5.41, 5.74) is 2.67. The van der Waals surface area contributed by atoms with E-state index in [-0.39, 0.29) is 43.1 Å². The molecule has 0 unspecified atom stereocenters. The van der Waals surface area contributed by atoms with Crippen molar-refractivity contribution in [3.05, 3.63) is 53.1 Å². The molecule has 0 bridgehead atoms. The standard InChI is InChI=1S/C21H25F2N3O4.HI/c1-3-27-12-15-7-5-4-6-14(15)10-25-21(24-2)26-11-16-8-18-19(29-13-28-18)9-17(16)30-20(22)23;/h4-9,20H,3,10-13H2,1-2H3,(H2,24,25,26);1H. The molecule has 0 saturated heterocycles. The van der Waals surface area contributed by atoms with Gasteiger partial charge in [-0.2, -0.15) is 8.78 Å². The third-order valence-electron chi connectivity index (χ3n) is 4.47. The highest BCUT2D eigenvalue weighted by molar-refractivity contribution is 14.0. The molecule has 2 aromatic carbocycles. The first kappa shape index (κ1) is 24.9. The van der Waals surface area contributed by atoms with Gasteiger partial charge in [0.2, 0.25) is 6.79 Å². The first-order chi connectivity index (χ1) is 14.6. The van der Waals surface area contributed by atoms with Crippen LogP contribution in [0.15, 0.2) is 41.4 Å². The van der Waals surface area contributed by atoms with Crippen molar-refractivity contribution >= 4 is 29.9 Å². The average molecular weight is 549 g/mol. The Morgan fingerprint density at radius 2 is 1.71 bits per heavy atom. The molecule has 170 valence electrons. The molecule has 2 N–H and O–H groups in total. The summed E-state index contributed by atoms with van der Waals surface area (Å²) >= 11 is 0. The number of hydrogen-bond acceptors (Lipinski definition) is 5. The van der Waals surface area contributed by atoms with Gasteiger partial charge in [0, 0.05) is 38.4 Å². The predicted octanol–water partition coefficient (Wildman–Crippen LogP) is 4.04. The summed E-state index contributed by atoms with van der Waals surface area (Å²) in [5.74, 6) is 1.41. The zero-order chi connectivity index (χ0) is 21.3. The first-order valence-corrected chi connectivity index (χ1v) is 9.57. The number of rotatable bonds is 9. The minimum atomic E-state index is -2.94. The van der Waals surface area contributed by atoms with Gasteiger partial charge < -0.3 is 29.6 Å². The average Bonchev–Trinajstić information content (AvgIpc) is 3.19. The van der Waals surface area contributed by atoms with E-state index in [2.05, 4.69) is 20.4 Å². The molecule has 3 rings (SSSR count). The summed E-state index contributed by atoms with van der Waals surface area (Å²) in [6.07, 6.45) is 0. The molecular formula is C21H26F2IN3O4. The lowest BCUT2D eigenvalue weighted by molar-refractivity contribution is -0.0505. The Labute approximate surface area is 197 Å². The molecule has 0 amide bonds. The zero-order valence-corrected chi connectivity index (χ0v) is 19.7. The molecule has 0 spiro atoms. The Bertz CT molecular complexity index is 884. The van der Waals surface area contributed by atoms with Crippen molar-refractivity contribution in [2.24, 2.45) is 4.99 Å². The van der Waals surface area contributed by atoms with Gasteiger partial charge in [0.05, 0.1) is 6.61 Å². The fraction of sp³-hybridized carbons (Fsp3) is 0.381. The van der Waals surface area contributed by atoms with Gasteiger partial charge in [0.1, 0.15) is 5.75 Å². The molecular weight excluding hydrogens is 523 g/mol. The molecule has 2 aromatic rings. The molecule has 1 heterocycles. The van der Waals surface area contributed by atoms with E-state index in [4.69, 9.17) is 14.2 Å². The van der Waals surface area contributed by atoms with Gasteiger partial charge in [-0.3, -0.25) is 4.99 Å². The fourth-order valence-electron chi connectivity index (χ4n) is 2.97. The van der Waals surface area contributed by atoms with Crippen LogP contribution in [0.25, 0.3) is 0 Å². The molecule has 0 aromatic heterocycles. The summed E-state index contributed by atoms with van der Waals surface area (Å²) in [6, 6.07) is 11.0. The molecule has 0 saturated carbocycles. The van der Waals surface area contributed by atoms with Crippen LogP contribution in [0.5, 0.6) is 17.2 Å².